The first-order chi connectivity index (χ1) is 7.57. The van der Waals surface area contributed by atoms with Gasteiger partial charge in [0.2, 0.25) is 5.91 Å². The van der Waals surface area contributed by atoms with E-state index in [9.17, 15) is 9.59 Å². The molecule has 0 saturated carbocycles. The van der Waals surface area contributed by atoms with Crippen molar-refractivity contribution in [2.24, 2.45) is 5.92 Å². The molecule has 0 bridgehead atoms. The summed E-state index contributed by atoms with van der Waals surface area (Å²) in [5, 5.41) is 12.0. The molecular formula is C11H20N2O3. The number of hydrogen-bond acceptors (Lipinski definition) is 3. The van der Waals surface area contributed by atoms with Crippen molar-refractivity contribution in [2.75, 3.05) is 20.1 Å². The predicted octanol–water partition coefficient (Wildman–Crippen LogP) is 0.308. The minimum atomic E-state index is -0.882. The first kappa shape index (κ1) is 13.0. The molecule has 1 heterocycles. The summed E-state index contributed by atoms with van der Waals surface area (Å²) < 4.78 is 0. The molecule has 16 heavy (non-hydrogen) atoms. The molecular weight excluding hydrogens is 208 g/mol. The number of rotatable bonds is 5. The van der Waals surface area contributed by atoms with E-state index in [1.54, 1.807) is 0 Å². The van der Waals surface area contributed by atoms with E-state index in [2.05, 4.69) is 5.32 Å². The molecule has 0 aliphatic carbocycles. The van der Waals surface area contributed by atoms with Crippen molar-refractivity contribution in [1.29, 1.82) is 0 Å². The molecule has 1 aliphatic heterocycles. The van der Waals surface area contributed by atoms with Gasteiger partial charge in [0.15, 0.2) is 0 Å². The highest BCUT2D eigenvalue weighted by atomic mass is 16.4. The van der Waals surface area contributed by atoms with Crippen LogP contribution in [0.5, 0.6) is 0 Å². The summed E-state index contributed by atoms with van der Waals surface area (Å²) >= 11 is 0. The van der Waals surface area contributed by atoms with Crippen LogP contribution < -0.4 is 5.32 Å². The maximum atomic E-state index is 11.8. The van der Waals surface area contributed by atoms with E-state index in [1.807, 2.05) is 14.0 Å². The fraction of sp³-hybridized carbons (Fsp3) is 0.818. The highest BCUT2D eigenvalue weighted by Gasteiger charge is 2.38. The van der Waals surface area contributed by atoms with Gasteiger partial charge in [-0.05, 0) is 32.4 Å². The molecule has 5 nitrogen and oxygen atoms in total. The molecule has 92 valence electrons. The van der Waals surface area contributed by atoms with Gasteiger partial charge in [0.05, 0.1) is 0 Å². The summed E-state index contributed by atoms with van der Waals surface area (Å²) in [6.45, 7) is 3.25. The number of carbonyl (C=O) groups excluding carboxylic acids is 1. The first-order valence-electron chi connectivity index (χ1n) is 5.74. The van der Waals surface area contributed by atoms with E-state index in [-0.39, 0.29) is 11.8 Å². The first-order valence-corrected chi connectivity index (χ1v) is 5.74. The third-order valence-corrected chi connectivity index (χ3v) is 3.09. The molecule has 0 spiro atoms. The lowest BCUT2D eigenvalue weighted by Gasteiger charge is -2.23. The van der Waals surface area contributed by atoms with Gasteiger partial charge in [-0.25, -0.2) is 4.79 Å². The van der Waals surface area contributed by atoms with Gasteiger partial charge in [-0.1, -0.05) is 6.92 Å². The fourth-order valence-corrected chi connectivity index (χ4v) is 2.16. The zero-order valence-electron chi connectivity index (χ0n) is 9.90. The Labute approximate surface area is 95.8 Å². The van der Waals surface area contributed by atoms with Crippen LogP contribution >= 0.6 is 0 Å². The van der Waals surface area contributed by atoms with E-state index in [1.165, 1.54) is 4.90 Å². The Morgan fingerprint density at radius 1 is 1.50 bits per heavy atom. The third kappa shape index (κ3) is 2.95. The van der Waals surface area contributed by atoms with Crippen LogP contribution in [0.15, 0.2) is 0 Å². The number of carboxylic acids is 1. The van der Waals surface area contributed by atoms with Gasteiger partial charge in [0.25, 0.3) is 0 Å². The summed E-state index contributed by atoms with van der Waals surface area (Å²) in [7, 11) is 1.84. The summed E-state index contributed by atoms with van der Waals surface area (Å²) in [5.74, 6) is -0.857. The number of amides is 1. The van der Waals surface area contributed by atoms with Crippen LogP contribution in [0.3, 0.4) is 0 Å². The summed E-state index contributed by atoms with van der Waals surface area (Å²) in [5.41, 5.74) is 0. The Balaban J connectivity index is 2.51. The number of carbonyl (C=O) groups is 2. The van der Waals surface area contributed by atoms with Crippen LogP contribution in [0.25, 0.3) is 0 Å². The van der Waals surface area contributed by atoms with Gasteiger partial charge < -0.3 is 15.3 Å². The predicted molar refractivity (Wildman–Crippen MR) is 60.1 cm³/mol. The zero-order chi connectivity index (χ0) is 12.1. The number of nitrogens with zero attached hydrogens (tertiary/aromatic N) is 1. The maximum Gasteiger partial charge on any atom is 0.326 e. The summed E-state index contributed by atoms with van der Waals surface area (Å²) in [4.78, 5) is 24.4. The zero-order valence-corrected chi connectivity index (χ0v) is 9.90. The van der Waals surface area contributed by atoms with Gasteiger partial charge in [-0.15, -0.1) is 0 Å². The fourth-order valence-electron chi connectivity index (χ4n) is 2.16. The van der Waals surface area contributed by atoms with Crippen molar-refractivity contribution < 1.29 is 14.7 Å². The lowest BCUT2D eigenvalue weighted by atomic mass is 10.0. The maximum absolute atomic E-state index is 11.8. The normalized spacial score (nSPS) is 24.8. The Morgan fingerprint density at radius 2 is 2.19 bits per heavy atom. The second kappa shape index (κ2) is 5.84. The van der Waals surface area contributed by atoms with Gasteiger partial charge >= 0.3 is 5.97 Å². The molecule has 0 aromatic heterocycles. The number of aliphatic carboxylic acids is 1. The van der Waals surface area contributed by atoms with E-state index in [0.29, 0.717) is 13.0 Å². The molecule has 0 radical (unpaired) electrons. The van der Waals surface area contributed by atoms with E-state index >= 15 is 0 Å². The molecule has 0 aromatic carbocycles. The molecule has 2 unspecified atom stereocenters. The van der Waals surface area contributed by atoms with Crippen LogP contribution in [0.1, 0.15) is 26.2 Å². The van der Waals surface area contributed by atoms with E-state index in [4.69, 9.17) is 5.11 Å². The van der Waals surface area contributed by atoms with E-state index in [0.717, 1.165) is 19.4 Å². The van der Waals surface area contributed by atoms with Crippen LogP contribution in [0.2, 0.25) is 0 Å². The SMILES string of the molecule is CNCCCC(=O)N1CCC(C)C1C(=O)O. The molecule has 1 fully saturated rings. The van der Waals surface area contributed by atoms with Crippen molar-refractivity contribution in [3.8, 4) is 0 Å². The highest BCUT2D eigenvalue weighted by Crippen LogP contribution is 2.24. The van der Waals surface area contributed by atoms with E-state index < -0.39 is 12.0 Å². The quantitative estimate of drug-likeness (QED) is 0.664. The number of likely N-dealkylation sites (tertiary alicyclic amines) is 1. The number of hydrogen-bond donors (Lipinski definition) is 2. The molecule has 2 N–H and O–H groups in total. The average Bonchev–Trinajstić information content (AvgIpc) is 2.60. The van der Waals surface area contributed by atoms with Crippen LogP contribution in [0.4, 0.5) is 0 Å². The minimum Gasteiger partial charge on any atom is -0.480 e. The molecule has 1 aliphatic rings. The van der Waals surface area contributed by atoms with Gasteiger partial charge in [0.1, 0.15) is 6.04 Å². The summed E-state index contributed by atoms with van der Waals surface area (Å²) in [6.07, 6.45) is 1.97. The molecule has 1 amide bonds. The highest BCUT2D eigenvalue weighted by molar-refractivity contribution is 5.84. The Morgan fingerprint density at radius 3 is 2.75 bits per heavy atom. The topological polar surface area (TPSA) is 69.6 Å². The van der Waals surface area contributed by atoms with Crippen molar-refractivity contribution >= 4 is 11.9 Å². The van der Waals surface area contributed by atoms with Crippen LogP contribution in [0, 0.1) is 5.92 Å². The van der Waals surface area contributed by atoms with Crippen molar-refractivity contribution in [1.82, 2.24) is 10.2 Å². The Bertz CT molecular complexity index is 268. The Kier molecular flexibility index (Phi) is 4.73. The third-order valence-electron chi connectivity index (χ3n) is 3.09. The Hall–Kier alpha value is -1.10. The number of nitrogens with one attached hydrogen (secondary N) is 1. The molecule has 1 saturated heterocycles. The molecule has 2 atom stereocenters. The second-order valence-electron chi connectivity index (χ2n) is 4.34. The molecule has 5 heteroatoms. The minimum absolute atomic E-state index is 0.0352. The lowest BCUT2D eigenvalue weighted by molar-refractivity contribution is -0.149. The number of carboxylic acid groups (broad SMARTS) is 1. The monoisotopic (exact) mass is 228 g/mol. The smallest absolute Gasteiger partial charge is 0.326 e. The molecule has 1 rings (SSSR count). The van der Waals surface area contributed by atoms with Crippen LogP contribution in [-0.4, -0.2) is 48.1 Å². The van der Waals surface area contributed by atoms with Gasteiger partial charge in [0, 0.05) is 13.0 Å². The summed E-state index contributed by atoms with van der Waals surface area (Å²) in [6, 6.07) is -0.623. The molecule has 0 aromatic rings. The van der Waals surface area contributed by atoms with Crippen LogP contribution in [-0.2, 0) is 9.59 Å². The van der Waals surface area contributed by atoms with Gasteiger partial charge in [-0.2, -0.15) is 0 Å². The average molecular weight is 228 g/mol. The van der Waals surface area contributed by atoms with Crippen molar-refractivity contribution in [3.05, 3.63) is 0 Å². The van der Waals surface area contributed by atoms with Crippen molar-refractivity contribution in [2.45, 2.75) is 32.2 Å². The largest absolute Gasteiger partial charge is 0.480 e. The second-order valence-corrected chi connectivity index (χ2v) is 4.34. The standard InChI is InChI=1S/C11H20N2O3/c1-8-5-7-13(10(8)11(15)16)9(14)4-3-6-12-2/h8,10,12H,3-7H2,1-2H3,(H,15,16). The lowest BCUT2D eigenvalue weighted by Crippen LogP contribution is -2.42. The van der Waals surface area contributed by atoms with Crippen molar-refractivity contribution in [3.63, 3.8) is 0 Å². The van der Waals surface area contributed by atoms with Gasteiger partial charge in [-0.3, -0.25) is 4.79 Å².